The molecule has 28 heavy (non-hydrogen) atoms. The number of H-pyrrole nitrogens is 1. The van der Waals surface area contributed by atoms with Crippen molar-refractivity contribution in [1.29, 1.82) is 0 Å². The average Bonchev–Trinajstić information content (AvgIpc) is 3.08. The van der Waals surface area contributed by atoms with Crippen LogP contribution in [-0.2, 0) is 18.4 Å². The van der Waals surface area contributed by atoms with Gasteiger partial charge in [0.2, 0.25) is 0 Å². The number of halogens is 1. The Bertz CT molecular complexity index is 941. The molecule has 0 amide bonds. The third-order valence-electron chi connectivity index (χ3n) is 4.92. The minimum Gasteiger partial charge on any atom is -0.385 e. The van der Waals surface area contributed by atoms with Crippen molar-refractivity contribution < 1.29 is 9.50 Å². The number of hydrogen-bond acceptors (Lipinski definition) is 3. The molecule has 1 atom stereocenters. The molecule has 1 unspecified atom stereocenters. The summed E-state index contributed by atoms with van der Waals surface area (Å²) >= 11 is 0. The van der Waals surface area contributed by atoms with Gasteiger partial charge >= 0.3 is 0 Å². The largest absolute Gasteiger partial charge is 0.385 e. The molecular weight excluding hydrogens is 353 g/mol. The number of benzene rings is 1. The monoisotopic (exact) mass is 379 g/mol. The Hall–Kier alpha value is -2.79. The molecule has 3 aromatic rings. The van der Waals surface area contributed by atoms with Crippen molar-refractivity contribution in [3.8, 4) is 11.3 Å². The number of nitrogens with zero attached hydrogens (tertiary/aromatic N) is 2. The molecule has 0 aliphatic heterocycles. The maximum Gasteiger partial charge on any atom is 0.141 e. The van der Waals surface area contributed by atoms with Gasteiger partial charge in [-0.25, -0.2) is 9.37 Å². The van der Waals surface area contributed by atoms with Crippen molar-refractivity contribution in [3.63, 3.8) is 0 Å². The van der Waals surface area contributed by atoms with Crippen LogP contribution >= 0.6 is 0 Å². The van der Waals surface area contributed by atoms with Crippen LogP contribution in [0.1, 0.15) is 37.9 Å². The Morgan fingerprint density at radius 1 is 1.04 bits per heavy atom. The highest BCUT2D eigenvalue weighted by molar-refractivity contribution is 5.59. The number of aromatic nitrogens is 3. The molecule has 4 nitrogen and oxygen atoms in total. The van der Waals surface area contributed by atoms with E-state index in [0.29, 0.717) is 12.1 Å². The van der Waals surface area contributed by atoms with Gasteiger partial charge in [0.1, 0.15) is 11.6 Å². The fourth-order valence-electron chi connectivity index (χ4n) is 3.12. The number of allylic oxidation sites excluding steroid dienone is 1. The van der Waals surface area contributed by atoms with Gasteiger partial charge < -0.3 is 10.1 Å². The van der Waals surface area contributed by atoms with Crippen LogP contribution < -0.4 is 0 Å². The van der Waals surface area contributed by atoms with Gasteiger partial charge in [0, 0.05) is 23.9 Å². The summed E-state index contributed by atoms with van der Waals surface area (Å²) < 4.78 is 13.0. The summed E-state index contributed by atoms with van der Waals surface area (Å²) in [7, 11) is 0. The number of nitrogens with one attached hydrogen (secondary N) is 1. The molecule has 0 radical (unpaired) electrons. The normalized spacial score (nSPS) is 13.9. The molecule has 0 aliphatic carbocycles. The maximum atomic E-state index is 13.0. The van der Waals surface area contributed by atoms with E-state index in [1.54, 1.807) is 13.0 Å². The summed E-state index contributed by atoms with van der Waals surface area (Å²) in [5.74, 6) is 0.377. The zero-order valence-corrected chi connectivity index (χ0v) is 16.5. The first kappa shape index (κ1) is 20.0. The number of rotatable bonds is 7. The predicted molar refractivity (Wildman–Crippen MR) is 109 cm³/mol. The Balaban J connectivity index is 1.73. The predicted octanol–water partition coefficient (Wildman–Crippen LogP) is 4.82. The van der Waals surface area contributed by atoms with Crippen LogP contribution in [0.25, 0.3) is 11.3 Å². The first-order valence-electron chi connectivity index (χ1n) is 9.30. The molecule has 2 aromatic heterocycles. The first-order valence-corrected chi connectivity index (χ1v) is 9.30. The quantitative estimate of drug-likeness (QED) is 0.579. The standard InChI is InChI=1S/C23H26FN3O/c1-5-22(2,3)12-19-15-26-21(27-19)13-23(4,28)17-8-6-16(7-9-17)20-11-10-18(24)14-25-20/h5-11,14-15,28H,1,12-13H2,2-4H3,(H,26,27). The minimum atomic E-state index is -1.07. The Morgan fingerprint density at radius 3 is 2.36 bits per heavy atom. The summed E-state index contributed by atoms with van der Waals surface area (Å²) in [6.45, 7) is 9.88. The van der Waals surface area contributed by atoms with Gasteiger partial charge in [0.15, 0.2) is 0 Å². The van der Waals surface area contributed by atoms with E-state index in [1.807, 2.05) is 36.5 Å². The molecule has 0 fully saturated rings. The first-order chi connectivity index (χ1) is 13.2. The lowest BCUT2D eigenvalue weighted by molar-refractivity contribution is 0.0556. The average molecular weight is 379 g/mol. The van der Waals surface area contributed by atoms with Gasteiger partial charge in [-0.2, -0.15) is 0 Å². The van der Waals surface area contributed by atoms with Gasteiger partial charge in [-0.1, -0.05) is 44.2 Å². The van der Waals surface area contributed by atoms with Gasteiger partial charge in [-0.3, -0.25) is 4.98 Å². The molecular formula is C23H26FN3O. The molecule has 0 spiro atoms. The van der Waals surface area contributed by atoms with Crippen LogP contribution in [0.3, 0.4) is 0 Å². The lowest BCUT2D eigenvalue weighted by Gasteiger charge is -2.23. The SMILES string of the molecule is C=CC(C)(C)Cc1cnc(CC(C)(O)c2ccc(-c3ccc(F)cn3)cc2)[nH]1. The lowest BCUT2D eigenvalue weighted by atomic mass is 9.88. The third kappa shape index (κ3) is 4.73. The topological polar surface area (TPSA) is 61.8 Å². The smallest absolute Gasteiger partial charge is 0.141 e. The van der Waals surface area contributed by atoms with Crippen molar-refractivity contribution in [2.45, 2.75) is 39.2 Å². The molecule has 1 aromatic carbocycles. The number of pyridine rings is 1. The van der Waals surface area contributed by atoms with E-state index in [1.165, 1.54) is 12.3 Å². The molecule has 5 heteroatoms. The Kier molecular flexibility index (Phi) is 5.47. The number of hydrogen-bond donors (Lipinski definition) is 2. The van der Waals surface area contributed by atoms with E-state index < -0.39 is 5.60 Å². The molecule has 146 valence electrons. The third-order valence-corrected chi connectivity index (χ3v) is 4.92. The molecule has 2 N–H and O–H groups in total. The second-order valence-corrected chi connectivity index (χ2v) is 8.11. The summed E-state index contributed by atoms with van der Waals surface area (Å²) in [4.78, 5) is 11.8. The molecule has 2 heterocycles. The highest BCUT2D eigenvalue weighted by atomic mass is 19.1. The fourth-order valence-corrected chi connectivity index (χ4v) is 3.12. The minimum absolute atomic E-state index is 0.0173. The molecule has 0 bridgehead atoms. The number of aromatic amines is 1. The second kappa shape index (κ2) is 7.68. The van der Waals surface area contributed by atoms with E-state index in [-0.39, 0.29) is 11.2 Å². The second-order valence-electron chi connectivity index (χ2n) is 8.11. The Labute approximate surface area is 165 Å². The van der Waals surface area contributed by atoms with Gasteiger partial charge in [0.25, 0.3) is 0 Å². The Morgan fingerprint density at radius 2 is 1.75 bits per heavy atom. The van der Waals surface area contributed by atoms with Crippen LogP contribution in [-0.4, -0.2) is 20.1 Å². The van der Waals surface area contributed by atoms with Crippen LogP contribution in [0.2, 0.25) is 0 Å². The summed E-state index contributed by atoms with van der Waals surface area (Å²) in [6.07, 6.45) is 6.13. The van der Waals surface area contributed by atoms with Crippen molar-refractivity contribution in [2.75, 3.05) is 0 Å². The molecule has 0 saturated heterocycles. The van der Waals surface area contributed by atoms with E-state index >= 15 is 0 Å². The fraction of sp³-hybridized carbons (Fsp3) is 0.304. The van der Waals surface area contributed by atoms with Crippen molar-refractivity contribution in [2.24, 2.45) is 5.41 Å². The van der Waals surface area contributed by atoms with E-state index in [2.05, 4.69) is 35.4 Å². The molecule has 3 rings (SSSR count). The van der Waals surface area contributed by atoms with Crippen molar-refractivity contribution >= 4 is 0 Å². The van der Waals surface area contributed by atoms with Crippen LogP contribution in [0.5, 0.6) is 0 Å². The number of imidazole rings is 1. The highest BCUT2D eigenvalue weighted by Gasteiger charge is 2.25. The molecule has 0 aliphatic rings. The lowest BCUT2D eigenvalue weighted by Crippen LogP contribution is -2.25. The zero-order valence-electron chi connectivity index (χ0n) is 16.5. The van der Waals surface area contributed by atoms with Crippen LogP contribution in [0, 0.1) is 11.2 Å². The zero-order chi connectivity index (χ0) is 20.4. The maximum absolute atomic E-state index is 13.0. The summed E-state index contributed by atoms with van der Waals surface area (Å²) in [5.41, 5.74) is 2.27. The summed E-state index contributed by atoms with van der Waals surface area (Å²) in [5, 5.41) is 11.0. The van der Waals surface area contributed by atoms with Gasteiger partial charge in [-0.05, 0) is 36.5 Å². The molecule has 0 saturated carbocycles. The highest BCUT2D eigenvalue weighted by Crippen LogP contribution is 2.28. The van der Waals surface area contributed by atoms with Crippen molar-refractivity contribution in [1.82, 2.24) is 15.0 Å². The van der Waals surface area contributed by atoms with Crippen LogP contribution in [0.4, 0.5) is 4.39 Å². The van der Waals surface area contributed by atoms with Gasteiger partial charge in [0.05, 0.1) is 17.5 Å². The van der Waals surface area contributed by atoms with Crippen LogP contribution in [0.15, 0.2) is 61.4 Å². The van der Waals surface area contributed by atoms with Gasteiger partial charge in [-0.15, -0.1) is 6.58 Å². The number of aliphatic hydroxyl groups is 1. The van der Waals surface area contributed by atoms with Crippen molar-refractivity contribution in [3.05, 3.63) is 84.3 Å². The van der Waals surface area contributed by atoms with E-state index in [0.717, 1.165) is 29.1 Å². The van der Waals surface area contributed by atoms with E-state index in [9.17, 15) is 9.50 Å². The summed E-state index contributed by atoms with van der Waals surface area (Å²) in [6, 6.07) is 10.5. The van der Waals surface area contributed by atoms with E-state index in [4.69, 9.17) is 0 Å².